The Morgan fingerprint density at radius 1 is 1.38 bits per heavy atom. The molecule has 1 aliphatic heterocycles. The molecule has 1 fully saturated rings. The zero-order valence-electron chi connectivity index (χ0n) is 12.8. The second-order valence-corrected chi connectivity index (χ2v) is 5.67. The first kappa shape index (κ1) is 15.8. The number of aliphatic hydroxyl groups excluding tert-OH is 1. The van der Waals surface area contributed by atoms with Gasteiger partial charge in [0.25, 0.3) is 5.91 Å². The van der Waals surface area contributed by atoms with Gasteiger partial charge in [-0.2, -0.15) is 0 Å². The van der Waals surface area contributed by atoms with Crippen molar-refractivity contribution in [1.29, 1.82) is 0 Å². The highest BCUT2D eigenvalue weighted by Gasteiger charge is 2.23. The molecule has 0 bridgehead atoms. The van der Waals surface area contributed by atoms with Gasteiger partial charge in [-0.1, -0.05) is 13.3 Å². The van der Waals surface area contributed by atoms with Crippen LogP contribution in [-0.4, -0.2) is 42.2 Å². The van der Waals surface area contributed by atoms with E-state index in [-0.39, 0.29) is 18.4 Å². The molecule has 0 aromatic heterocycles. The number of nitrogens with zero attached hydrogens (tertiary/aromatic N) is 1. The maximum Gasteiger partial charge on any atom is 0.253 e. The van der Waals surface area contributed by atoms with Gasteiger partial charge in [0, 0.05) is 25.3 Å². The van der Waals surface area contributed by atoms with E-state index < -0.39 is 0 Å². The minimum atomic E-state index is 0.0493. The van der Waals surface area contributed by atoms with Gasteiger partial charge in [-0.05, 0) is 49.4 Å². The minimum absolute atomic E-state index is 0.0493. The number of aliphatic hydroxyl groups is 1. The number of hydrogen-bond acceptors (Lipinski definition) is 3. The van der Waals surface area contributed by atoms with Gasteiger partial charge < -0.3 is 14.7 Å². The summed E-state index contributed by atoms with van der Waals surface area (Å²) in [6, 6.07) is 7.37. The van der Waals surface area contributed by atoms with E-state index in [1.165, 1.54) is 0 Å². The number of hydrogen-bond donors (Lipinski definition) is 1. The number of carbonyl (C=O) groups excluding carboxylic acids is 1. The molecule has 1 aromatic carbocycles. The molecule has 0 spiro atoms. The van der Waals surface area contributed by atoms with E-state index in [1.807, 2.05) is 29.2 Å². The lowest BCUT2D eigenvalue weighted by Crippen LogP contribution is -2.40. The van der Waals surface area contributed by atoms with Crippen LogP contribution in [0.15, 0.2) is 24.3 Å². The van der Waals surface area contributed by atoms with Crippen LogP contribution in [0.3, 0.4) is 0 Å². The van der Waals surface area contributed by atoms with Crippen molar-refractivity contribution in [1.82, 2.24) is 4.90 Å². The molecule has 2 rings (SSSR count). The highest BCUT2D eigenvalue weighted by molar-refractivity contribution is 5.94. The molecule has 1 aliphatic rings. The smallest absolute Gasteiger partial charge is 0.253 e. The van der Waals surface area contributed by atoms with Crippen LogP contribution in [0.1, 0.15) is 43.0 Å². The number of benzene rings is 1. The Balaban J connectivity index is 1.93. The third kappa shape index (κ3) is 4.46. The molecule has 21 heavy (non-hydrogen) atoms. The van der Waals surface area contributed by atoms with Crippen LogP contribution in [0.25, 0.3) is 0 Å². The topological polar surface area (TPSA) is 49.8 Å². The van der Waals surface area contributed by atoms with Crippen molar-refractivity contribution < 1.29 is 14.6 Å². The largest absolute Gasteiger partial charge is 0.494 e. The molecule has 1 unspecified atom stereocenters. The zero-order chi connectivity index (χ0) is 15.1. The fraction of sp³-hybridized carbons (Fsp3) is 0.588. The van der Waals surface area contributed by atoms with Gasteiger partial charge in [0.2, 0.25) is 0 Å². The van der Waals surface area contributed by atoms with E-state index in [9.17, 15) is 9.90 Å². The SMILES string of the molecule is CCCCOc1ccc(C(=O)N2CCCC(CO)C2)cc1. The maximum absolute atomic E-state index is 12.4. The summed E-state index contributed by atoms with van der Waals surface area (Å²) in [7, 11) is 0. The summed E-state index contributed by atoms with van der Waals surface area (Å²) in [5, 5.41) is 9.25. The maximum atomic E-state index is 12.4. The van der Waals surface area contributed by atoms with Crippen LogP contribution in [0.5, 0.6) is 5.75 Å². The van der Waals surface area contributed by atoms with Crippen LogP contribution in [-0.2, 0) is 0 Å². The van der Waals surface area contributed by atoms with Crippen molar-refractivity contribution in [2.24, 2.45) is 5.92 Å². The van der Waals surface area contributed by atoms with Gasteiger partial charge >= 0.3 is 0 Å². The first-order valence-corrected chi connectivity index (χ1v) is 7.87. The van der Waals surface area contributed by atoms with Crippen molar-refractivity contribution >= 4 is 5.91 Å². The molecule has 116 valence electrons. The Hall–Kier alpha value is -1.55. The number of piperidine rings is 1. The highest BCUT2D eigenvalue weighted by Crippen LogP contribution is 2.19. The Bertz CT molecular complexity index is 444. The van der Waals surface area contributed by atoms with Gasteiger partial charge in [-0.3, -0.25) is 4.79 Å². The molecule has 1 amide bonds. The highest BCUT2D eigenvalue weighted by atomic mass is 16.5. The van der Waals surface area contributed by atoms with Crippen LogP contribution in [0, 0.1) is 5.92 Å². The van der Waals surface area contributed by atoms with Gasteiger partial charge in [0.1, 0.15) is 5.75 Å². The van der Waals surface area contributed by atoms with Crippen molar-refractivity contribution in [3.8, 4) is 5.75 Å². The lowest BCUT2D eigenvalue weighted by atomic mass is 9.98. The van der Waals surface area contributed by atoms with Gasteiger partial charge in [-0.15, -0.1) is 0 Å². The first-order valence-electron chi connectivity index (χ1n) is 7.87. The average molecular weight is 291 g/mol. The second-order valence-electron chi connectivity index (χ2n) is 5.67. The molecule has 1 heterocycles. The van der Waals surface area contributed by atoms with Crippen LogP contribution < -0.4 is 4.74 Å². The number of carbonyl (C=O) groups is 1. The van der Waals surface area contributed by atoms with E-state index in [4.69, 9.17) is 4.74 Å². The number of ether oxygens (including phenoxy) is 1. The van der Waals surface area contributed by atoms with E-state index in [0.717, 1.165) is 38.0 Å². The fourth-order valence-corrected chi connectivity index (χ4v) is 2.61. The van der Waals surface area contributed by atoms with E-state index in [0.29, 0.717) is 18.7 Å². The summed E-state index contributed by atoms with van der Waals surface area (Å²) >= 11 is 0. The Morgan fingerprint density at radius 3 is 2.81 bits per heavy atom. The predicted octanol–water partition coefficient (Wildman–Crippen LogP) is 2.71. The monoisotopic (exact) mass is 291 g/mol. The molecule has 4 heteroatoms. The molecule has 1 N–H and O–H groups in total. The molecule has 1 saturated heterocycles. The second kappa shape index (κ2) is 8.03. The Morgan fingerprint density at radius 2 is 2.14 bits per heavy atom. The minimum Gasteiger partial charge on any atom is -0.494 e. The van der Waals surface area contributed by atoms with Crippen molar-refractivity contribution in [2.45, 2.75) is 32.6 Å². The summed E-state index contributed by atoms with van der Waals surface area (Å²) in [4.78, 5) is 14.3. The van der Waals surface area contributed by atoms with Crippen molar-refractivity contribution in [3.05, 3.63) is 29.8 Å². The van der Waals surface area contributed by atoms with Gasteiger partial charge in [0.05, 0.1) is 6.61 Å². The number of unbranched alkanes of at least 4 members (excludes halogenated alkanes) is 1. The lowest BCUT2D eigenvalue weighted by molar-refractivity contribution is 0.0620. The van der Waals surface area contributed by atoms with Gasteiger partial charge in [-0.25, -0.2) is 0 Å². The summed E-state index contributed by atoms with van der Waals surface area (Å²) < 4.78 is 5.60. The van der Waals surface area contributed by atoms with E-state index in [1.54, 1.807) is 0 Å². The van der Waals surface area contributed by atoms with Crippen molar-refractivity contribution in [2.75, 3.05) is 26.3 Å². The average Bonchev–Trinajstić information content (AvgIpc) is 2.55. The molecule has 0 saturated carbocycles. The lowest BCUT2D eigenvalue weighted by Gasteiger charge is -2.31. The van der Waals surface area contributed by atoms with E-state index in [2.05, 4.69) is 6.92 Å². The van der Waals surface area contributed by atoms with Gasteiger partial charge in [0.15, 0.2) is 0 Å². The molecular formula is C17H25NO3. The summed E-state index contributed by atoms with van der Waals surface area (Å²) in [5.74, 6) is 1.08. The zero-order valence-corrected chi connectivity index (χ0v) is 12.8. The predicted molar refractivity (Wildman–Crippen MR) is 82.6 cm³/mol. The first-order chi connectivity index (χ1) is 10.2. The fourth-order valence-electron chi connectivity index (χ4n) is 2.61. The van der Waals surface area contributed by atoms with E-state index >= 15 is 0 Å². The quantitative estimate of drug-likeness (QED) is 0.820. The molecular weight excluding hydrogens is 266 g/mol. The molecule has 4 nitrogen and oxygen atoms in total. The van der Waals surface area contributed by atoms with Crippen LogP contribution in [0.2, 0.25) is 0 Å². The summed E-state index contributed by atoms with van der Waals surface area (Å²) in [6.07, 6.45) is 4.12. The Labute approximate surface area is 126 Å². The number of amides is 1. The normalized spacial score (nSPS) is 18.6. The third-order valence-corrected chi connectivity index (χ3v) is 3.93. The molecule has 1 atom stereocenters. The number of likely N-dealkylation sites (tertiary alicyclic amines) is 1. The number of rotatable bonds is 6. The molecule has 1 aromatic rings. The molecule has 0 aliphatic carbocycles. The Kier molecular flexibility index (Phi) is 6.05. The third-order valence-electron chi connectivity index (χ3n) is 3.93. The summed E-state index contributed by atoms with van der Waals surface area (Å²) in [5.41, 5.74) is 0.691. The summed E-state index contributed by atoms with van der Waals surface area (Å²) in [6.45, 7) is 4.44. The standard InChI is InChI=1S/C17H25NO3/c1-2-3-11-21-16-8-6-15(7-9-16)17(20)18-10-4-5-14(12-18)13-19/h6-9,14,19H,2-5,10-13H2,1H3. The van der Waals surface area contributed by atoms with Crippen LogP contribution >= 0.6 is 0 Å². The van der Waals surface area contributed by atoms with Crippen molar-refractivity contribution in [3.63, 3.8) is 0 Å². The van der Waals surface area contributed by atoms with Crippen LogP contribution in [0.4, 0.5) is 0 Å². The molecule has 0 radical (unpaired) electrons.